The van der Waals surface area contributed by atoms with Crippen molar-refractivity contribution in [3.63, 3.8) is 0 Å². The van der Waals surface area contributed by atoms with Gasteiger partial charge in [0.15, 0.2) is 0 Å². The second-order valence-corrected chi connectivity index (χ2v) is 18.9. The number of hydrogen-bond donors (Lipinski definition) is 1. The van der Waals surface area contributed by atoms with Crippen molar-refractivity contribution in [3.05, 3.63) is 72.9 Å². The highest BCUT2D eigenvalue weighted by atomic mass is 31.2. The molecule has 0 heterocycles. The number of likely N-dealkylation sites (N-methyl/N-ethyl adjacent to an activating group) is 1. The van der Waals surface area contributed by atoms with Gasteiger partial charge in [-0.1, -0.05) is 183 Å². The van der Waals surface area contributed by atoms with E-state index in [1.165, 1.54) is 83.5 Å². The van der Waals surface area contributed by atoms with Crippen LogP contribution in [0.4, 0.5) is 0 Å². The van der Waals surface area contributed by atoms with Gasteiger partial charge in [-0.3, -0.25) is 13.8 Å². The van der Waals surface area contributed by atoms with E-state index in [1.54, 1.807) is 0 Å². The largest absolute Gasteiger partial charge is 0.472 e. The number of unbranched alkanes of at least 4 members (excludes halogenated alkanes) is 19. The number of allylic oxidation sites excluding steroid dienone is 12. The van der Waals surface area contributed by atoms with E-state index < -0.39 is 13.9 Å². The Labute approximate surface area is 376 Å². The summed E-state index contributed by atoms with van der Waals surface area (Å²) in [7, 11) is 1.65. The number of quaternary nitrogens is 1. The van der Waals surface area contributed by atoms with E-state index in [-0.39, 0.29) is 25.8 Å². The molecule has 0 aromatic carbocycles. The Hall–Kier alpha value is -2.06. The summed E-state index contributed by atoms with van der Waals surface area (Å²) in [4.78, 5) is 22.9. The highest BCUT2D eigenvalue weighted by Crippen LogP contribution is 2.43. The lowest BCUT2D eigenvalue weighted by Crippen LogP contribution is -2.37. The summed E-state index contributed by atoms with van der Waals surface area (Å²) in [5.41, 5.74) is 0. The molecule has 0 aliphatic carbocycles. The normalized spacial score (nSPS) is 14.3. The molecule has 0 saturated heterocycles. The van der Waals surface area contributed by atoms with Crippen LogP contribution in [0.25, 0.3) is 0 Å². The summed E-state index contributed by atoms with van der Waals surface area (Å²) >= 11 is 0. The van der Waals surface area contributed by atoms with Crippen molar-refractivity contribution >= 4 is 13.8 Å². The molecule has 0 aromatic rings. The average Bonchev–Trinajstić information content (AvgIpc) is 3.22. The second-order valence-electron chi connectivity index (χ2n) is 17.5. The van der Waals surface area contributed by atoms with Crippen molar-refractivity contribution in [3.8, 4) is 0 Å². The quantitative estimate of drug-likeness (QED) is 0.0214. The molecule has 9 heteroatoms. The number of carbonyl (C=O) groups is 1. The van der Waals surface area contributed by atoms with Crippen LogP contribution < -0.4 is 0 Å². The molecule has 0 saturated carbocycles. The Bertz CT molecular complexity index is 1200. The molecule has 354 valence electrons. The third-order valence-corrected chi connectivity index (χ3v) is 11.2. The van der Waals surface area contributed by atoms with Crippen molar-refractivity contribution in [2.45, 2.75) is 200 Å². The van der Waals surface area contributed by atoms with Crippen LogP contribution in [0.1, 0.15) is 194 Å². The average molecular weight is 877 g/mol. The van der Waals surface area contributed by atoms with E-state index in [0.717, 1.165) is 89.9 Å². The Kier molecular flexibility index (Phi) is 43.0. The molecule has 0 amide bonds. The number of ether oxygens (including phenoxy) is 2. The predicted octanol–water partition coefficient (Wildman–Crippen LogP) is 15.1. The highest BCUT2D eigenvalue weighted by molar-refractivity contribution is 7.47. The van der Waals surface area contributed by atoms with Crippen LogP contribution in [0, 0.1) is 0 Å². The number of phosphoric ester groups is 1. The summed E-state index contributed by atoms with van der Waals surface area (Å²) in [6.07, 6.45) is 58.1. The lowest BCUT2D eigenvalue weighted by atomic mass is 10.0. The molecule has 0 aliphatic rings. The van der Waals surface area contributed by atoms with Gasteiger partial charge in [0.2, 0.25) is 0 Å². The predicted molar refractivity (Wildman–Crippen MR) is 261 cm³/mol. The minimum atomic E-state index is -4.28. The van der Waals surface area contributed by atoms with Crippen LogP contribution in [-0.2, 0) is 27.9 Å². The summed E-state index contributed by atoms with van der Waals surface area (Å²) in [5.74, 6) is -0.330. The summed E-state index contributed by atoms with van der Waals surface area (Å²) in [6.45, 7) is 5.42. The first-order chi connectivity index (χ1) is 29.6. The van der Waals surface area contributed by atoms with Gasteiger partial charge in [0.05, 0.1) is 34.4 Å². The van der Waals surface area contributed by atoms with E-state index in [2.05, 4.69) is 86.8 Å². The first-order valence-electron chi connectivity index (χ1n) is 24.7. The molecule has 0 rings (SSSR count). The molecule has 0 radical (unpaired) electrons. The molecule has 0 aliphatic heterocycles. The molecule has 0 spiro atoms. The molecular weight excluding hydrogens is 782 g/mol. The van der Waals surface area contributed by atoms with Crippen molar-refractivity contribution in [2.24, 2.45) is 0 Å². The molecule has 0 aromatic heterocycles. The molecule has 61 heavy (non-hydrogen) atoms. The van der Waals surface area contributed by atoms with Crippen molar-refractivity contribution < 1.29 is 37.3 Å². The first kappa shape index (κ1) is 58.9. The maximum Gasteiger partial charge on any atom is 0.472 e. The number of rotatable bonds is 45. The smallest absolute Gasteiger partial charge is 0.457 e. The number of phosphoric acid groups is 1. The second kappa shape index (κ2) is 44.5. The maximum absolute atomic E-state index is 12.7. The van der Waals surface area contributed by atoms with Crippen molar-refractivity contribution in [1.82, 2.24) is 0 Å². The number of hydrogen-bond acceptors (Lipinski definition) is 6. The van der Waals surface area contributed by atoms with Crippen LogP contribution in [0.5, 0.6) is 0 Å². The van der Waals surface area contributed by atoms with Gasteiger partial charge in [-0.15, -0.1) is 0 Å². The Balaban J connectivity index is 4.09. The zero-order chi connectivity index (χ0) is 44.8. The monoisotopic (exact) mass is 877 g/mol. The van der Waals surface area contributed by atoms with E-state index in [0.29, 0.717) is 24.1 Å². The fraction of sp³-hybridized carbons (Fsp3) is 0.750. The van der Waals surface area contributed by atoms with Gasteiger partial charge in [-0.2, -0.15) is 0 Å². The highest BCUT2D eigenvalue weighted by Gasteiger charge is 2.26. The van der Waals surface area contributed by atoms with E-state index in [9.17, 15) is 14.3 Å². The Morgan fingerprint density at radius 3 is 1.43 bits per heavy atom. The van der Waals surface area contributed by atoms with Gasteiger partial charge in [0, 0.05) is 13.0 Å². The summed E-state index contributed by atoms with van der Waals surface area (Å²) in [6, 6.07) is 0. The van der Waals surface area contributed by atoms with Crippen LogP contribution in [-0.4, -0.2) is 75.6 Å². The van der Waals surface area contributed by atoms with Crippen molar-refractivity contribution in [1.29, 1.82) is 0 Å². The van der Waals surface area contributed by atoms with Gasteiger partial charge in [0.1, 0.15) is 19.3 Å². The minimum Gasteiger partial charge on any atom is -0.457 e. The van der Waals surface area contributed by atoms with Gasteiger partial charge < -0.3 is 18.9 Å². The molecular formula is C52H95NO7P+. The maximum atomic E-state index is 12.7. The Morgan fingerprint density at radius 1 is 0.525 bits per heavy atom. The zero-order valence-corrected chi connectivity index (χ0v) is 41.0. The number of nitrogens with zero attached hydrogens (tertiary/aromatic N) is 1. The molecule has 2 atom stereocenters. The van der Waals surface area contributed by atoms with Crippen LogP contribution in [0.3, 0.4) is 0 Å². The number of esters is 1. The van der Waals surface area contributed by atoms with Crippen molar-refractivity contribution in [2.75, 3.05) is 54.1 Å². The number of carbonyl (C=O) groups excluding carboxylic acids is 1. The third kappa shape index (κ3) is 48.8. The topological polar surface area (TPSA) is 91.3 Å². The fourth-order valence-electron chi connectivity index (χ4n) is 6.46. The molecule has 1 N–H and O–H groups in total. The molecule has 2 unspecified atom stereocenters. The van der Waals surface area contributed by atoms with E-state index in [4.69, 9.17) is 18.5 Å². The molecule has 0 fully saturated rings. The first-order valence-corrected chi connectivity index (χ1v) is 26.2. The third-order valence-electron chi connectivity index (χ3n) is 10.2. The van der Waals surface area contributed by atoms with E-state index >= 15 is 0 Å². The molecule has 0 bridgehead atoms. The fourth-order valence-corrected chi connectivity index (χ4v) is 7.21. The molecule has 8 nitrogen and oxygen atoms in total. The van der Waals surface area contributed by atoms with Gasteiger partial charge >= 0.3 is 13.8 Å². The lowest BCUT2D eigenvalue weighted by molar-refractivity contribution is -0.870. The summed E-state index contributed by atoms with van der Waals surface area (Å²) in [5, 5.41) is 0. The minimum absolute atomic E-state index is 0.0829. The standard InChI is InChI=1S/C52H94NO7P/c1-6-8-10-12-14-16-18-20-21-22-23-24-25-26-27-28-29-30-31-32-34-36-38-40-42-44-47-57-49-51(50-59-61(55,56)58-48-46-53(3,4)5)60-52(54)45-43-41-39-37-35-33-19-17-15-13-11-9-7-2/h8,10-11,13-14,16-17,19-21,23-24,51H,6-7,9,12,15,18,22,25-50H2,1-5H3/p+1/b10-8-,13-11-,16-14-,19-17-,21-20-,24-23-. The zero-order valence-electron chi connectivity index (χ0n) is 40.1. The van der Waals surface area contributed by atoms with Gasteiger partial charge in [0.25, 0.3) is 0 Å². The van der Waals surface area contributed by atoms with Crippen LogP contribution in [0.2, 0.25) is 0 Å². The van der Waals surface area contributed by atoms with Crippen LogP contribution >= 0.6 is 7.82 Å². The van der Waals surface area contributed by atoms with E-state index in [1.807, 2.05) is 21.1 Å². The summed E-state index contributed by atoms with van der Waals surface area (Å²) < 4.78 is 35.1. The van der Waals surface area contributed by atoms with Gasteiger partial charge in [-0.05, 0) is 77.0 Å². The Morgan fingerprint density at radius 2 is 0.951 bits per heavy atom. The van der Waals surface area contributed by atoms with Gasteiger partial charge in [-0.25, -0.2) is 4.57 Å². The lowest BCUT2D eigenvalue weighted by Gasteiger charge is -2.24. The SMILES string of the molecule is CC/C=C\C/C=C\C/C=C\C/C=C\CCCCCCCCCCCCCCCOCC(COP(=O)(O)OCC[N+](C)(C)C)OC(=O)CCCCCCC/C=C\C/C=C\CCC. The van der Waals surface area contributed by atoms with Crippen LogP contribution in [0.15, 0.2) is 72.9 Å².